The molecule has 2 heterocycles. The first-order chi connectivity index (χ1) is 12.0. The van der Waals surface area contributed by atoms with E-state index in [2.05, 4.69) is 23.7 Å². The lowest BCUT2D eigenvalue weighted by Crippen LogP contribution is -2.52. The average molecular weight is 345 g/mol. The summed E-state index contributed by atoms with van der Waals surface area (Å²) in [6, 6.07) is 0. The van der Waals surface area contributed by atoms with Gasteiger partial charge in [-0.25, -0.2) is 0 Å². The molecule has 5 heteroatoms. The second-order valence-electron chi connectivity index (χ2n) is 6.93. The molecule has 5 nitrogen and oxygen atoms in total. The molecule has 1 amide bonds. The van der Waals surface area contributed by atoms with Gasteiger partial charge in [0.1, 0.15) is 0 Å². The molecule has 2 rings (SSSR count). The number of piperidine rings is 1. The van der Waals surface area contributed by atoms with E-state index in [0.717, 1.165) is 25.1 Å². The second kappa shape index (κ2) is 8.99. The van der Waals surface area contributed by atoms with Crippen molar-refractivity contribution >= 4 is 12.2 Å². The standard InChI is InChI=1S/C20H31N3O2/c1-4-6-18(5-2)7-8-19(24)22-13-10-20(25,11-14-22)15-23-16-21-12-9-17(23)3/h4-6,16,25H,3,7-15H2,1-2H3/b6-4-,18-5+. The number of allylic oxidation sites excluding steroid dienone is 4. The molecular weight excluding hydrogens is 314 g/mol. The van der Waals surface area contributed by atoms with Crippen LogP contribution in [0.3, 0.4) is 0 Å². The zero-order valence-electron chi connectivity index (χ0n) is 15.6. The molecule has 138 valence electrons. The Bertz CT molecular complexity index is 569. The topological polar surface area (TPSA) is 56.1 Å². The van der Waals surface area contributed by atoms with Crippen molar-refractivity contribution in [3.8, 4) is 0 Å². The number of aliphatic hydroxyl groups is 1. The Kier molecular flexibility index (Phi) is 7.00. The Hall–Kier alpha value is -1.88. The fraction of sp³-hybridized carbons (Fsp3) is 0.600. The highest BCUT2D eigenvalue weighted by atomic mass is 16.3. The highest BCUT2D eigenvalue weighted by Crippen LogP contribution is 2.26. The van der Waals surface area contributed by atoms with Gasteiger partial charge in [-0.2, -0.15) is 0 Å². The number of likely N-dealkylation sites (tertiary alicyclic amines) is 1. The maximum absolute atomic E-state index is 12.4. The SMILES string of the molecule is C=C1CCN=CN1CC1(O)CCN(C(=O)CCC(/C=C\C)=C/C)CC1. The minimum absolute atomic E-state index is 0.176. The number of carbonyl (C=O) groups excluding carboxylic acids is 1. The van der Waals surface area contributed by atoms with Gasteiger partial charge in [-0.15, -0.1) is 0 Å². The lowest BCUT2D eigenvalue weighted by atomic mass is 9.90. The third-order valence-corrected chi connectivity index (χ3v) is 5.05. The van der Waals surface area contributed by atoms with Crippen molar-refractivity contribution in [2.75, 3.05) is 26.2 Å². The molecule has 25 heavy (non-hydrogen) atoms. The van der Waals surface area contributed by atoms with Crippen LogP contribution in [0, 0.1) is 0 Å². The number of nitrogens with zero attached hydrogens (tertiary/aromatic N) is 3. The first kappa shape index (κ1) is 19.4. The number of hydrogen-bond donors (Lipinski definition) is 1. The van der Waals surface area contributed by atoms with Crippen molar-refractivity contribution < 1.29 is 9.90 Å². The maximum Gasteiger partial charge on any atom is 0.222 e. The first-order valence-corrected chi connectivity index (χ1v) is 9.20. The van der Waals surface area contributed by atoms with Crippen LogP contribution in [0.4, 0.5) is 0 Å². The summed E-state index contributed by atoms with van der Waals surface area (Å²) >= 11 is 0. The van der Waals surface area contributed by atoms with E-state index in [0.29, 0.717) is 38.9 Å². The normalized spacial score (nSPS) is 21.2. The molecule has 0 unspecified atom stereocenters. The first-order valence-electron chi connectivity index (χ1n) is 9.20. The summed E-state index contributed by atoms with van der Waals surface area (Å²) in [4.78, 5) is 20.5. The van der Waals surface area contributed by atoms with E-state index < -0.39 is 5.60 Å². The zero-order chi connectivity index (χ0) is 18.3. The molecule has 1 N–H and O–H groups in total. The van der Waals surface area contributed by atoms with Gasteiger partial charge in [0.15, 0.2) is 0 Å². The number of carbonyl (C=O) groups is 1. The monoisotopic (exact) mass is 345 g/mol. The summed E-state index contributed by atoms with van der Waals surface area (Å²) < 4.78 is 0. The Morgan fingerprint density at radius 1 is 1.36 bits per heavy atom. The van der Waals surface area contributed by atoms with Crippen molar-refractivity contribution in [1.82, 2.24) is 9.80 Å². The minimum Gasteiger partial charge on any atom is -0.388 e. The Balaban J connectivity index is 1.81. The highest BCUT2D eigenvalue weighted by Gasteiger charge is 2.35. The van der Waals surface area contributed by atoms with Crippen LogP contribution in [0.1, 0.15) is 46.0 Å². The smallest absolute Gasteiger partial charge is 0.222 e. The van der Waals surface area contributed by atoms with E-state index in [1.165, 1.54) is 5.57 Å². The number of aliphatic imine (C=N–C) groups is 1. The van der Waals surface area contributed by atoms with E-state index in [-0.39, 0.29) is 5.91 Å². The second-order valence-corrected chi connectivity index (χ2v) is 6.93. The molecular formula is C20H31N3O2. The number of rotatable bonds is 6. The van der Waals surface area contributed by atoms with E-state index >= 15 is 0 Å². The quantitative estimate of drug-likeness (QED) is 0.753. The summed E-state index contributed by atoms with van der Waals surface area (Å²) in [5.41, 5.74) is 1.42. The highest BCUT2D eigenvalue weighted by molar-refractivity contribution is 5.76. The van der Waals surface area contributed by atoms with Crippen LogP contribution in [0.5, 0.6) is 0 Å². The summed E-state index contributed by atoms with van der Waals surface area (Å²) in [7, 11) is 0. The van der Waals surface area contributed by atoms with Crippen LogP contribution in [0.15, 0.2) is 41.1 Å². The predicted molar refractivity (Wildman–Crippen MR) is 102 cm³/mol. The van der Waals surface area contributed by atoms with Crippen LogP contribution in [-0.4, -0.2) is 58.9 Å². The van der Waals surface area contributed by atoms with Gasteiger partial charge in [0.2, 0.25) is 5.91 Å². The van der Waals surface area contributed by atoms with Gasteiger partial charge in [-0.3, -0.25) is 9.79 Å². The largest absolute Gasteiger partial charge is 0.388 e. The van der Waals surface area contributed by atoms with E-state index in [1.807, 2.05) is 29.7 Å². The van der Waals surface area contributed by atoms with Gasteiger partial charge < -0.3 is 14.9 Å². The van der Waals surface area contributed by atoms with E-state index in [4.69, 9.17) is 0 Å². The Morgan fingerprint density at radius 3 is 2.68 bits per heavy atom. The maximum atomic E-state index is 12.4. The Labute approximate surface area is 151 Å². The molecule has 2 aliphatic heterocycles. The van der Waals surface area contributed by atoms with Crippen molar-refractivity contribution in [2.45, 2.75) is 51.6 Å². The molecule has 0 aliphatic carbocycles. The van der Waals surface area contributed by atoms with Gasteiger partial charge in [-0.05, 0) is 33.1 Å². The molecule has 0 atom stereocenters. The van der Waals surface area contributed by atoms with E-state index in [1.54, 1.807) is 6.34 Å². The Morgan fingerprint density at radius 2 is 2.08 bits per heavy atom. The van der Waals surface area contributed by atoms with Crippen LogP contribution in [0.25, 0.3) is 0 Å². The molecule has 0 radical (unpaired) electrons. The summed E-state index contributed by atoms with van der Waals surface area (Å²) in [6.07, 6.45) is 11.2. The van der Waals surface area contributed by atoms with Crippen LogP contribution in [-0.2, 0) is 4.79 Å². The van der Waals surface area contributed by atoms with Crippen LogP contribution >= 0.6 is 0 Å². The molecule has 0 aromatic heterocycles. The van der Waals surface area contributed by atoms with Gasteiger partial charge in [0, 0.05) is 38.2 Å². The minimum atomic E-state index is -0.775. The zero-order valence-corrected chi connectivity index (χ0v) is 15.6. The lowest BCUT2D eigenvalue weighted by molar-refractivity contribution is -0.135. The lowest BCUT2D eigenvalue weighted by Gasteiger charge is -2.41. The third-order valence-electron chi connectivity index (χ3n) is 5.05. The molecule has 0 aromatic rings. The van der Waals surface area contributed by atoms with Gasteiger partial charge in [0.25, 0.3) is 0 Å². The van der Waals surface area contributed by atoms with Crippen molar-refractivity contribution in [3.05, 3.63) is 36.1 Å². The number of amides is 1. The molecule has 0 aromatic carbocycles. The van der Waals surface area contributed by atoms with Crippen molar-refractivity contribution in [2.24, 2.45) is 4.99 Å². The van der Waals surface area contributed by atoms with Crippen LogP contribution < -0.4 is 0 Å². The third kappa shape index (κ3) is 5.56. The number of β-amino-alcohol motifs (C(OH)–C–C–N with tert-alkyl or cyclic N) is 1. The van der Waals surface area contributed by atoms with Crippen molar-refractivity contribution in [3.63, 3.8) is 0 Å². The average Bonchev–Trinajstić information content (AvgIpc) is 2.61. The van der Waals surface area contributed by atoms with Crippen LogP contribution in [0.2, 0.25) is 0 Å². The van der Waals surface area contributed by atoms with Gasteiger partial charge in [-0.1, -0.05) is 30.4 Å². The molecule has 0 bridgehead atoms. The molecule has 1 fully saturated rings. The van der Waals surface area contributed by atoms with Crippen molar-refractivity contribution in [1.29, 1.82) is 0 Å². The molecule has 2 aliphatic rings. The fourth-order valence-corrected chi connectivity index (χ4v) is 3.32. The van der Waals surface area contributed by atoms with Gasteiger partial charge >= 0.3 is 0 Å². The molecule has 0 spiro atoms. The van der Waals surface area contributed by atoms with E-state index in [9.17, 15) is 9.90 Å². The predicted octanol–water partition coefficient (Wildman–Crippen LogP) is 2.89. The summed E-state index contributed by atoms with van der Waals surface area (Å²) in [5.74, 6) is 0.176. The summed E-state index contributed by atoms with van der Waals surface area (Å²) in [5, 5.41) is 10.9. The fourth-order valence-electron chi connectivity index (χ4n) is 3.32. The number of hydrogen-bond acceptors (Lipinski definition) is 4. The summed E-state index contributed by atoms with van der Waals surface area (Å²) in [6.45, 7) is 10.5. The molecule has 1 saturated heterocycles. The molecule has 0 saturated carbocycles. The van der Waals surface area contributed by atoms with Gasteiger partial charge in [0.05, 0.1) is 18.5 Å².